The molecule has 0 aliphatic heterocycles. The van der Waals surface area contributed by atoms with Crippen LogP contribution in [0.1, 0.15) is 17.3 Å². The van der Waals surface area contributed by atoms with Gasteiger partial charge in [-0.3, -0.25) is 29.3 Å². The number of nitrogens with zero attached hydrogens (tertiary/aromatic N) is 3. The molecule has 3 aromatic rings. The lowest BCUT2D eigenvalue weighted by molar-refractivity contribution is -0.394. The van der Waals surface area contributed by atoms with Crippen molar-refractivity contribution in [2.75, 3.05) is 16.2 Å². The quantitative estimate of drug-likeness (QED) is 0.386. The zero-order valence-electron chi connectivity index (χ0n) is 17.2. The van der Waals surface area contributed by atoms with Crippen LogP contribution in [0.3, 0.4) is 0 Å². The topological polar surface area (TPSA) is 153 Å². The molecular formula is C21H18N4O7S. The van der Waals surface area contributed by atoms with Crippen LogP contribution in [0.4, 0.5) is 22.7 Å². The number of nitro groups is 2. The molecule has 3 aromatic carbocycles. The molecule has 3 rings (SSSR count). The molecule has 0 atom stereocenters. The SMILES string of the molecule is CCN(c1ccccc1)S(=O)(=O)c1ccc(NC(=O)c2ccc([N+](=O)[O-])cc2[N+](=O)[O-])cc1. The number of anilines is 2. The molecule has 0 bridgehead atoms. The molecule has 0 aromatic heterocycles. The second-order valence-electron chi connectivity index (χ2n) is 6.70. The first-order valence-corrected chi connectivity index (χ1v) is 11.0. The third kappa shape index (κ3) is 4.96. The number of hydrogen-bond acceptors (Lipinski definition) is 7. The summed E-state index contributed by atoms with van der Waals surface area (Å²) in [6, 6.07) is 16.6. The summed E-state index contributed by atoms with van der Waals surface area (Å²) in [5.41, 5.74) is -0.921. The van der Waals surface area contributed by atoms with E-state index in [1.165, 1.54) is 28.6 Å². The molecular weight excluding hydrogens is 452 g/mol. The van der Waals surface area contributed by atoms with E-state index < -0.39 is 37.2 Å². The van der Waals surface area contributed by atoms with E-state index in [0.29, 0.717) is 11.8 Å². The maximum atomic E-state index is 13.0. The van der Waals surface area contributed by atoms with Crippen molar-refractivity contribution in [2.24, 2.45) is 0 Å². The van der Waals surface area contributed by atoms with E-state index in [1.807, 2.05) is 0 Å². The maximum absolute atomic E-state index is 13.0. The maximum Gasteiger partial charge on any atom is 0.289 e. The van der Waals surface area contributed by atoms with E-state index in [0.717, 1.165) is 12.1 Å². The van der Waals surface area contributed by atoms with Crippen molar-refractivity contribution < 1.29 is 23.1 Å². The minimum Gasteiger partial charge on any atom is -0.322 e. The number of carbonyl (C=O) groups excluding carboxylic acids is 1. The fraction of sp³-hybridized carbons (Fsp3) is 0.0952. The molecule has 0 radical (unpaired) electrons. The standard InChI is InChI=1S/C21H18N4O7S/c1-2-23(16-6-4-3-5-7-16)33(31,32)18-11-8-15(9-12-18)22-21(26)19-13-10-17(24(27)28)14-20(19)25(29)30/h3-14H,2H2,1H3,(H,22,26). The number of non-ortho nitro benzene ring substituents is 1. The fourth-order valence-corrected chi connectivity index (χ4v) is 4.57. The van der Waals surface area contributed by atoms with Gasteiger partial charge in [0, 0.05) is 18.3 Å². The van der Waals surface area contributed by atoms with Crippen LogP contribution in [-0.4, -0.2) is 30.7 Å². The van der Waals surface area contributed by atoms with Gasteiger partial charge >= 0.3 is 0 Å². The zero-order valence-corrected chi connectivity index (χ0v) is 18.1. The number of nitro benzene ring substituents is 2. The van der Waals surface area contributed by atoms with E-state index in [2.05, 4.69) is 5.32 Å². The summed E-state index contributed by atoms with van der Waals surface area (Å²) in [6.07, 6.45) is 0. The molecule has 0 saturated carbocycles. The highest BCUT2D eigenvalue weighted by molar-refractivity contribution is 7.92. The molecule has 0 aliphatic carbocycles. The average molecular weight is 470 g/mol. The Balaban J connectivity index is 1.84. The molecule has 0 heterocycles. The summed E-state index contributed by atoms with van der Waals surface area (Å²) >= 11 is 0. The molecule has 12 heteroatoms. The molecule has 11 nitrogen and oxygen atoms in total. The van der Waals surface area contributed by atoms with Crippen LogP contribution in [0.25, 0.3) is 0 Å². The van der Waals surface area contributed by atoms with E-state index in [-0.39, 0.29) is 22.7 Å². The van der Waals surface area contributed by atoms with Gasteiger partial charge in [-0.2, -0.15) is 0 Å². The molecule has 33 heavy (non-hydrogen) atoms. The number of hydrogen-bond donors (Lipinski definition) is 1. The van der Waals surface area contributed by atoms with E-state index in [4.69, 9.17) is 0 Å². The van der Waals surface area contributed by atoms with Crippen LogP contribution in [0.15, 0.2) is 77.7 Å². The lowest BCUT2D eigenvalue weighted by Gasteiger charge is -2.23. The van der Waals surface area contributed by atoms with Gasteiger partial charge in [-0.25, -0.2) is 8.42 Å². The third-order valence-electron chi connectivity index (χ3n) is 4.67. The van der Waals surface area contributed by atoms with Gasteiger partial charge in [0.1, 0.15) is 5.56 Å². The van der Waals surface area contributed by atoms with Crippen molar-refractivity contribution in [3.8, 4) is 0 Å². The molecule has 170 valence electrons. The number of nitrogens with one attached hydrogen (secondary N) is 1. The van der Waals surface area contributed by atoms with Crippen molar-refractivity contribution >= 4 is 38.7 Å². The summed E-state index contributed by atoms with van der Waals surface area (Å²) < 4.78 is 27.3. The molecule has 0 aliphatic rings. The minimum atomic E-state index is -3.86. The Kier molecular flexibility index (Phi) is 6.68. The summed E-state index contributed by atoms with van der Waals surface area (Å²) in [5, 5.41) is 24.5. The van der Waals surface area contributed by atoms with Gasteiger partial charge < -0.3 is 5.32 Å². The molecule has 1 amide bonds. The molecule has 0 unspecified atom stereocenters. The normalized spacial score (nSPS) is 10.9. The Labute approximate surface area is 188 Å². The Morgan fingerprint density at radius 1 is 0.939 bits per heavy atom. The number of rotatable bonds is 8. The number of para-hydroxylation sites is 1. The largest absolute Gasteiger partial charge is 0.322 e. The van der Waals surface area contributed by atoms with Gasteiger partial charge in [0.2, 0.25) is 0 Å². The van der Waals surface area contributed by atoms with E-state index in [1.54, 1.807) is 37.3 Å². The highest BCUT2D eigenvalue weighted by Gasteiger charge is 2.25. The van der Waals surface area contributed by atoms with Crippen LogP contribution in [0, 0.1) is 20.2 Å². The summed E-state index contributed by atoms with van der Waals surface area (Å²) in [4.78, 5) is 32.9. The van der Waals surface area contributed by atoms with Crippen LogP contribution in [0.2, 0.25) is 0 Å². The number of benzene rings is 3. The van der Waals surface area contributed by atoms with Crippen LogP contribution in [-0.2, 0) is 10.0 Å². The van der Waals surface area contributed by atoms with Crippen molar-refractivity contribution in [1.82, 2.24) is 0 Å². The lowest BCUT2D eigenvalue weighted by Crippen LogP contribution is -2.30. The van der Waals surface area contributed by atoms with Gasteiger partial charge in [0.15, 0.2) is 0 Å². The Morgan fingerprint density at radius 3 is 2.12 bits per heavy atom. The van der Waals surface area contributed by atoms with Crippen molar-refractivity contribution in [3.05, 3.63) is 98.6 Å². The van der Waals surface area contributed by atoms with Crippen molar-refractivity contribution in [3.63, 3.8) is 0 Å². The van der Waals surface area contributed by atoms with Crippen LogP contribution < -0.4 is 9.62 Å². The molecule has 0 saturated heterocycles. The Bertz CT molecular complexity index is 1310. The van der Waals surface area contributed by atoms with E-state index >= 15 is 0 Å². The Morgan fingerprint density at radius 2 is 1.58 bits per heavy atom. The zero-order chi connectivity index (χ0) is 24.2. The third-order valence-corrected chi connectivity index (χ3v) is 6.58. The van der Waals surface area contributed by atoms with Gasteiger partial charge in [0.05, 0.1) is 26.5 Å². The second-order valence-corrected chi connectivity index (χ2v) is 8.56. The first kappa shape index (κ1) is 23.3. The first-order valence-electron chi connectivity index (χ1n) is 9.57. The first-order chi connectivity index (χ1) is 15.6. The summed E-state index contributed by atoms with van der Waals surface area (Å²) in [5.74, 6) is -0.869. The highest BCUT2D eigenvalue weighted by atomic mass is 32.2. The monoisotopic (exact) mass is 470 g/mol. The minimum absolute atomic E-state index is 0.00693. The van der Waals surface area contributed by atoms with Crippen LogP contribution in [0.5, 0.6) is 0 Å². The molecule has 1 N–H and O–H groups in total. The fourth-order valence-electron chi connectivity index (χ4n) is 3.10. The predicted molar refractivity (Wildman–Crippen MR) is 121 cm³/mol. The van der Waals surface area contributed by atoms with Crippen molar-refractivity contribution in [2.45, 2.75) is 11.8 Å². The second kappa shape index (κ2) is 9.44. The number of amides is 1. The van der Waals surface area contributed by atoms with Gasteiger partial charge in [-0.1, -0.05) is 18.2 Å². The van der Waals surface area contributed by atoms with Crippen molar-refractivity contribution in [1.29, 1.82) is 0 Å². The summed E-state index contributed by atoms with van der Waals surface area (Å²) in [7, 11) is -3.86. The van der Waals surface area contributed by atoms with E-state index in [9.17, 15) is 33.4 Å². The molecule has 0 spiro atoms. The van der Waals surface area contributed by atoms with Gasteiger partial charge in [-0.05, 0) is 49.4 Å². The number of sulfonamides is 1. The predicted octanol–water partition coefficient (Wildman–Crippen LogP) is 3.97. The summed E-state index contributed by atoms with van der Waals surface area (Å²) in [6.45, 7) is 1.91. The highest BCUT2D eigenvalue weighted by Crippen LogP contribution is 2.27. The van der Waals surface area contributed by atoms with Gasteiger partial charge in [-0.15, -0.1) is 0 Å². The lowest BCUT2D eigenvalue weighted by atomic mass is 10.1. The smallest absolute Gasteiger partial charge is 0.289 e. The average Bonchev–Trinajstić information content (AvgIpc) is 2.80. The van der Waals surface area contributed by atoms with Gasteiger partial charge in [0.25, 0.3) is 27.3 Å². The number of carbonyl (C=O) groups is 1. The molecule has 0 fully saturated rings. The van der Waals surface area contributed by atoms with Crippen LogP contribution >= 0.6 is 0 Å². The Hall–Kier alpha value is -4.32.